The average molecular weight is 701 g/mol. The zero-order valence-electron chi connectivity index (χ0n) is 29.8. The number of benzene rings is 9. The lowest BCUT2D eigenvalue weighted by Crippen LogP contribution is -1.95. The Morgan fingerprint density at radius 2 is 0.945 bits per heavy atom. The highest BCUT2D eigenvalue weighted by atomic mass is 16.3. The number of nitrogens with zero attached hydrogens (tertiary/aromatic N) is 2. The number of aromatic nitrogens is 2. The van der Waals surface area contributed by atoms with Crippen LogP contribution in [0.25, 0.3) is 110 Å². The Bertz CT molecular complexity index is 3480. The summed E-state index contributed by atoms with van der Waals surface area (Å²) < 4.78 is 11.6. The molecule has 0 saturated carbocycles. The Balaban J connectivity index is 1.10. The molecule has 55 heavy (non-hydrogen) atoms. The zero-order chi connectivity index (χ0) is 36.0. The minimum absolute atomic E-state index is 0.906. The highest BCUT2D eigenvalue weighted by molar-refractivity contribution is 6.24. The van der Waals surface area contributed by atoms with Gasteiger partial charge in [-0.25, -0.2) is 0 Å². The predicted molar refractivity (Wildman–Crippen MR) is 231 cm³/mol. The van der Waals surface area contributed by atoms with Crippen molar-refractivity contribution in [2.45, 2.75) is 0 Å². The second kappa shape index (κ2) is 11.6. The Morgan fingerprint density at radius 3 is 1.82 bits per heavy atom. The van der Waals surface area contributed by atoms with Crippen molar-refractivity contribution in [3.05, 3.63) is 194 Å². The molecule has 3 aromatic heterocycles. The number of rotatable bonds is 4. The number of para-hydroxylation sites is 2. The first-order valence-electron chi connectivity index (χ1n) is 18.8. The molecule has 9 aromatic carbocycles. The number of hydrogen-bond donors (Lipinski definition) is 0. The van der Waals surface area contributed by atoms with E-state index in [1.807, 2.05) is 6.07 Å². The van der Waals surface area contributed by atoms with Crippen molar-refractivity contribution in [2.24, 2.45) is 0 Å². The molecule has 0 aliphatic carbocycles. The average Bonchev–Trinajstić information content (AvgIpc) is 3.91. The molecular formula is C52H32N2O. The maximum atomic E-state index is 6.73. The molecule has 0 N–H and O–H groups in total. The summed E-state index contributed by atoms with van der Waals surface area (Å²) in [6, 6.07) is 70.2. The zero-order valence-corrected chi connectivity index (χ0v) is 29.8. The van der Waals surface area contributed by atoms with Gasteiger partial charge >= 0.3 is 0 Å². The van der Waals surface area contributed by atoms with E-state index in [-0.39, 0.29) is 0 Å². The number of furan rings is 1. The third kappa shape index (κ3) is 4.44. The number of fused-ring (bicyclic) bond motifs is 11. The Kier molecular flexibility index (Phi) is 6.34. The molecule has 0 saturated heterocycles. The van der Waals surface area contributed by atoms with Crippen molar-refractivity contribution >= 4 is 76.3 Å². The first-order valence-corrected chi connectivity index (χ1v) is 18.8. The van der Waals surface area contributed by atoms with E-state index in [4.69, 9.17) is 4.42 Å². The predicted octanol–water partition coefficient (Wildman–Crippen LogP) is 14.3. The van der Waals surface area contributed by atoms with Crippen LogP contribution in [0, 0.1) is 0 Å². The summed E-state index contributed by atoms with van der Waals surface area (Å²) >= 11 is 0. The van der Waals surface area contributed by atoms with Crippen molar-refractivity contribution in [3.63, 3.8) is 0 Å². The van der Waals surface area contributed by atoms with Gasteiger partial charge in [0.25, 0.3) is 0 Å². The van der Waals surface area contributed by atoms with Crippen molar-refractivity contribution in [3.8, 4) is 33.6 Å². The summed E-state index contributed by atoms with van der Waals surface area (Å²) in [6.45, 7) is 0. The topological polar surface area (TPSA) is 23.0 Å². The molecule has 0 aliphatic heterocycles. The fraction of sp³-hybridized carbons (Fsp3) is 0. The van der Waals surface area contributed by atoms with Crippen LogP contribution in [0.1, 0.15) is 0 Å². The van der Waals surface area contributed by atoms with Gasteiger partial charge < -0.3 is 13.6 Å². The van der Waals surface area contributed by atoms with Crippen LogP contribution in [0.4, 0.5) is 0 Å². The van der Waals surface area contributed by atoms with E-state index in [9.17, 15) is 0 Å². The Labute approximate surface area is 316 Å². The largest absolute Gasteiger partial charge is 0.455 e. The lowest BCUT2D eigenvalue weighted by atomic mass is 10.00. The number of hydrogen-bond acceptors (Lipinski definition) is 1. The lowest BCUT2D eigenvalue weighted by molar-refractivity contribution is 0.673. The van der Waals surface area contributed by atoms with Crippen LogP contribution >= 0.6 is 0 Å². The molecule has 256 valence electrons. The van der Waals surface area contributed by atoms with E-state index < -0.39 is 0 Å². The third-order valence-corrected chi connectivity index (χ3v) is 11.5. The van der Waals surface area contributed by atoms with Crippen molar-refractivity contribution in [1.82, 2.24) is 9.13 Å². The first-order chi connectivity index (χ1) is 27.3. The molecule has 0 atom stereocenters. The molecule has 3 heteroatoms. The normalized spacial score (nSPS) is 12.0. The van der Waals surface area contributed by atoms with Crippen molar-refractivity contribution in [2.75, 3.05) is 0 Å². The molecule has 0 amide bonds. The molecule has 12 aromatic rings. The van der Waals surface area contributed by atoms with E-state index in [1.54, 1.807) is 0 Å². The van der Waals surface area contributed by atoms with Gasteiger partial charge in [-0.3, -0.25) is 0 Å². The van der Waals surface area contributed by atoms with E-state index in [0.29, 0.717) is 0 Å². The fourth-order valence-electron chi connectivity index (χ4n) is 9.01. The van der Waals surface area contributed by atoms with Gasteiger partial charge in [-0.15, -0.1) is 0 Å². The van der Waals surface area contributed by atoms with Gasteiger partial charge in [0, 0.05) is 38.0 Å². The highest BCUT2D eigenvalue weighted by Crippen LogP contribution is 2.43. The monoisotopic (exact) mass is 700 g/mol. The molecule has 0 fully saturated rings. The van der Waals surface area contributed by atoms with Gasteiger partial charge in [-0.2, -0.15) is 0 Å². The summed E-state index contributed by atoms with van der Waals surface area (Å²) in [5, 5.41) is 9.48. The maximum Gasteiger partial charge on any atom is 0.145 e. The molecule has 12 rings (SSSR count). The molecule has 0 unspecified atom stereocenters. The van der Waals surface area contributed by atoms with Crippen LogP contribution in [-0.2, 0) is 0 Å². The van der Waals surface area contributed by atoms with Crippen LogP contribution in [-0.4, -0.2) is 9.13 Å². The lowest BCUT2D eigenvalue weighted by Gasteiger charge is -2.12. The van der Waals surface area contributed by atoms with E-state index in [1.165, 1.54) is 60.2 Å². The Morgan fingerprint density at radius 1 is 0.327 bits per heavy atom. The molecule has 0 spiro atoms. The van der Waals surface area contributed by atoms with Crippen molar-refractivity contribution in [1.29, 1.82) is 0 Å². The standard InChI is InChI=1S/C52H32N2O/c1-2-12-33(13-3-1)35-16-10-17-38(30-35)53-46-21-8-6-19-40(46)43-31-36(24-27-47(43)53)37-25-28-48-44(32-37)51-49(29-26-42-41-20-7-9-23-50(41)55-52(42)51)54(48)45-22-11-15-34-14-4-5-18-39(34)45/h1-32H. The fourth-order valence-corrected chi connectivity index (χ4v) is 9.01. The van der Waals surface area contributed by atoms with E-state index >= 15 is 0 Å². The van der Waals surface area contributed by atoms with Crippen molar-refractivity contribution < 1.29 is 4.42 Å². The minimum atomic E-state index is 0.906. The summed E-state index contributed by atoms with van der Waals surface area (Å²) in [5.74, 6) is 0. The second-order valence-corrected chi connectivity index (χ2v) is 14.5. The summed E-state index contributed by atoms with van der Waals surface area (Å²) in [5.41, 5.74) is 13.6. The highest BCUT2D eigenvalue weighted by Gasteiger charge is 2.21. The van der Waals surface area contributed by atoms with Crippen LogP contribution in [0.5, 0.6) is 0 Å². The van der Waals surface area contributed by atoms with Crippen LogP contribution in [0.3, 0.4) is 0 Å². The molecule has 3 heterocycles. The summed E-state index contributed by atoms with van der Waals surface area (Å²) in [7, 11) is 0. The quantitative estimate of drug-likeness (QED) is 0.179. The minimum Gasteiger partial charge on any atom is -0.455 e. The molecule has 3 nitrogen and oxygen atoms in total. The van der Waals surface area contributed by atoms with Crippen LogP contribution in [0.15, 0.2) is 199 Å². The Hall–Kier alpha value is -7.36. The van der Waals surface area contributed by atoms with Gasteiger partial charge in [-0.05, 0) is 94.4 Å². The van der Waals surface area contributed by atoms with Gasteiger partial charge in [0.05, 0.1) is 33.1 Å². The summed E-state index contributed by atoms with van der Waals surface area (Å²) in [6.07, 6.45) is 0. The van der Waals surface area contributed by atoms with Gasteiger partial charge in [-0.1, -0.05) is 127 Å². The van der Waals surface area contributed by atoms with Crippen LogP contribution < -0.4 is 0 Å². The third-order valence-electron chi connectivity index (χ3n) is 11.5. The molecule has 0 bridgehead atoms. The van der Waals surface area contributed by atoms with E-state index in [0.717, 1.165) is 49.7 Å². The summed E-state index contributed by atoms with van der Waals surface area (Å²) in [4.78, 5) is 0. The first kappa shape index (κ1) is 30.1. The molecular weight excluding hydrogens is 669 g/mol. The molecule has 0 radical (unpaired) electrons. The SMILES string of the molecule is c1ccc(-c2cccc(-n3c4ccccc4c4cc(-c5ccc6c(c5)c5c7oc8ccccc8c7ccc5n6-c5cccc6ccccc56)ccc43)c2)cc1. The van der Waals surface area contributed by atoms with Crippen LogP contribution in [0.2, 0.25) is 0 Å². The van der Waals surface area contributed by atoms with Gasteiger partial charge in [0.1, 0.15) is 11.2 Å². The smallest absolute Gasteiger partial charge is 0.145 e. The van der Waals surface area contributed by atoms with Gasteiger partial charge in [0.2, 0.25) is 0 Å². The van der Waals surface area contributed by atoms with E-state index in [2.05, 4.69) is 197 Å². The maximum absolute atomic E-state index is 6.73. The molecule has 0 aliphatic rings. The second-order valence-electron chi connectivity index (χ2n) is 14.5. The van der Waals surface area contributed by atoms with Gasteiger partial charge in [0.15, 0.2) is 0 Å².